The first-order valence-corrected chi connectivity index (χ1v) is 6.53. The molecule has 0 saturated carbocycles. The maximum atomic E-state index is 12.3. The van der Waals surface area contributed by atoms with Crippen molar-refractivity contribution < 1.29 is 4.79 Å². The molecule has 0 aliphatic heterocycles. The van der Waals surface area contributed by atoms with E-state index in [-0.39, 0.29) is 5.91 Å². The minimum absolute atomic E-state index is 0.211. The SMILES string of the molecule is CC(C)c1ccccc1NC(=O)c1cc(N)cc(N)c1. The second-order valence-corrected chi connectivity index (χ2v) is 5.08. The summed E-state index contributed by atoms with van der Waals surface area (Å²) in [6, 6.07) is 12.6. The second-order valence-electron chi connectivity index (χ2n) is 5.08. The van der Waals surface area contributed by atoms with Gasteiger partial charge in [0.15, 0.2) is 0 Å². The van der Waals surface area contributed by atoms with E-state index in [1.165, 1.54) is 0 Å². The minimum atomic E-state index is -0.211. The summed E-state index contributed by atoms with van der Waals surface area (Å²) < 4.78 is 0. The molecule has 20 heavy (non-hydrogen) atoms. The van der Waals surface area contributed by atoms with Crippen molar-refractivity contribution in [2.24, 2.45) is 0 Å². The molecule has 0 radical (unpaired) electrons. The van der Waals surface area contributed by atoms with Crippen LogP contribution in [0.4, 0.5) is 17.1 Å². The first-order chi connectivity index (χ1) is 9.47. The summed E-state index contributed by atoms with van der Waals surface area (Å²) in [6.45, 7) is 4.17. The highest BCUT2D eigenvalue weighted by Gasteiger charge is 2.11. The van der Waals surface area contributed by atoms with Gasteiger partial charge in [-0.1, -0.05) is 32.0 Å². The minimum Gasteiger partial charge on any atom is -0.399 e. The Morgan fingerprint density at radius 2 is 1.65 bits per heavy atom. The van der Waals surface area contributed by atoms with Gasteiger partial charge < -0.3 is 16.8 Å². The molecule has 104 valence electrons. The molecule has 0 bridgehead atoms. The van der Waals surface area contributed by atoms with Crippen LogP contribution in [0.15, 0.2) is 42.5 Å². The predicted molar refractivity (Wildman–Crippen MR) is 83.8 cm³/mol. The molecule has 2 aromatic carbocycles. The van der Waals surface area contributed by atoms with Gasteiger partial charge in [-0.15, -0.1) is 0 Å². The highest BCUT2D eigenvalue weighted by atomic mass is 16.1. The number of hydrogen-bond acceptors (Lipinski definition) is 3. The van der Waals surface area contributed by atoms with Crippen molar-refractivity contribution in [1.82, 2.24) is 0 Å². The fraction of sp³-hybridized carbons (Fsp3) is 0.188. The zero-order chi connectivity index (χ0) is 14.7. The number of hydrogen-bond donors (Lipinski definition) is 3. The molecule has 0 saturated heterocycles. The van der Waals surface area contributed by atoms with Crippen LogP contribution in [0.3, 0.4) is 0 Å². The normalized spacial score (nSPS) is 10.6. The highest BCUT2D eigenvalue weighted by molar-refractivity contribution is 6.05. The summed E-state index contributed by atoms with van der Waals surface area (Å²) in [5.41, 5.74) is 14.7. The van der Waals surface area contributed by atoms with Gasteiger partial charge in [0.05, 0.1) is 0 Å². The van der Waals surface area contributed by atoms with E-state index in [0.717, 1.165) is 11.3 Å². The molecule has 5 N–H and O–H groups in total. The summed E-state index contributed by atoms with van der Waals surface area (Å²) in [6.07, 6.45) is 0. The Bertz CT molecular complexity index is 615. The summed E-state index contributed by atoms with van der Waals surface area (Å²) in [7, 11) is 0. The van der Waals surface area contributed by atoms with Gasteiger partial charge in [0.25, 0.3) is 5.91 Å². The number of amides is 1. The van der Waals surface area contributed by atoms with Crippen molar-refractivity contribution in [2.45, 2.75) is 19.8 Å². The topological polar surface area (TPSA) is 81.1 Å². The molecular weight excluding hydrogens is 250 g/mol. The average Bonchev–Trinajstić information content (AvgIpc) is 2.37. The van der Waals surface area contributed by atoms with Crippen LogP contribution < -0.4 is 16.8 Å². The number of carbonyl (C=O) groups excluding carboxylic acids is 1. The summed E-state index contributed by atoms with van der Waals surface area (Å²) in [4.78, 5) is 12.3. The standard InChI is InChI=1S/C16H19N3O/c1-10(2)14-5-3-4-6-15(14)19-16(20)11-7-12(17)9-13(18)8-11/h3-10H,17-18H2,1-2H3,(H,19,20). The zero-order valence-electron chi connectivity index (χ0n) is 11.7. The predicted octanol–water partition coefficient (Wildman–Crippen LogP) is 3.23. The van der Waals surface area contributed by atoms with Gasteiger partial charge in [0.2, 0.25) is 0 Å². The van der Waals surface area contributed by atoms with E-state index >= 15 is 0 Å². The quantitative estimate of drug-likeness (QED) is 0.748. The first kappa shape index (κ1) is 13.9. The number of nitrogens with one attached hydrogen (secondary N) is 1. The first-order valence-electron chi connectivity index (χ1n) is 6.53. The third kappa shape index (κ3) is 3.09. The van der Waals surface area contributed by atoms with Crippen LogP contribution in [0.5, 0.6) is 0 Å². The van der Waals surface area contributed by atoms with Crippen molar-refractivity contribution in [3.63, 3.8) is 0 Å². The molecule has 0 atom stereocenters. The Hall–Kier alpha value is -2.49. The number of para-hydroxylation sites is 1. The molecule has 2 rings (SSSR count). The van der Waals surface area contributed by atoms with Gasteiger partial charge in [-0.05, 0) is 35.7 Å². The summed E-state index contributed by atoms with van der Waals surface area (Å²) >= 11 is 0. The molecule has 0 aliphatic rings. The number of carbonyl (C=O) groups is 1. The maximum absolute atomic E-state index is 12.3. The van der Waals surface area contributed by atoms with E-state index in [9.17, 15) is 4.79 Å². The van der Waals surface area contributed by atoms with Gasteiger partial charge in [-0.25, -0.2) is 0 Å². The third-order valence-corrected chi connectivity index (χ3v) is 3.07. The van der Waals surface area contributed by atoms with Crippen molar-refractivity contribution in [2.75, 3.05) is 16.8 Å². The molecule has 0 aromatic heterocycles. The molecule has 0 fully saturated rings. The van der Waals surface area contributed by atoms with E-state index in [2.05, 4.69) is 19.2 Å². The van der Waals surface area contributed by atoms with E-state index in [4.69, 9.17) is 11.5 Å². The molecule has 1 amide bonds. The number of benzene rings is 2. The lowest BCUT2D eigenvalue weighted by molar-refractivity contribution is 0.102. The summed E-state index contributed by atoms with van der Waals surface area (Å²) in [5.74, 6) is 0.120. The van der Waals surface area contributed by atoms with Crippen LogP contribution in [0.25, 0.3) is 0 Å². The lowest BCUT2D eigenvalue weighted by Gasteiger charge is -2.14. The van der Waals surface area contributed by atoms with Crippen LogP contribution >= 0.6 is 0 Å². The monoisotopic (exact) mass is 269 g/mol. The molecular formula is C16H19N3O. The van der Waals surface area contributed by atoms with Gasteiger partial charge in [0.1, 0.15) is 0 Å². The smallest absolute Gasteiger partial charge is 0.255 e. The van der Waals surface area contributed by atoms with Gasteiger partial charge in [0, 0.05) is 22.6 Å². The highest BCUT2D eigenvalue weighted by Crippen LogP contribution is 2.24. The van der Waals surface area contributed by atoms with E-state index in [1.54, 1.807) is 18.2 Å². The maximum Gasteiger partial charge on any atom is 0.255 e. The molecule has 0 spiro atoms. The van der Waals surface area contributed by atoms with Crippen LogP contribution in [0.1, 0.15) is 35.7 Å². The number of nitrogens with two attached hydrogens (primary N) is 2. The number of anilines is 3. The second kappa shape index (κ2) is 5.65. The molecule has 0 heterocycles. The van der Waals surface area contributed by atoms with E-state index in [1.807, 2.05) is 24.3 Å². The molecule has 4 heteroatoms. The molecule has 2 aromatic rings. The van der Waals surface area contributed by atoms with Gasteiger partial charge in [-0.2, -0.15) is 0 Å². The molecule has 0 unspecified atom stereocenters. The number of nitrogen functional groups attached to an aromatic ring is 2. The Morgan fingerprint density at radius 1 is 1.05 bits per heavy atom. The van der Waals surface area contributed by atoms with Crippen LogP contribution in [0, 0.1) is 0 Å². The lowest BCUT2D eigenvalue weighted by atomic mass is 10.0. The fourth-order valence-corrected chi connectivity index (χ4v) is 2.12. The van der Waals surface area contributed by atoms with Gasteiger partial charge in [-0.3, -0.25) is 4.79 Å². The Labute approximate surface area is 118 Å². The van der Waals surface area contributed by atoms with E-state index in [0.29, 0.717) is 22.9 Å². The van der Waals surface area contributed by atoms with Gasteiger partial charge >= 0.3 is 0 Å². The van der Waals surface area contributed by atoms with Crippen molar-refractivity contribution in [3.8, 4) is 0 Å². The van der Waals surface area contributed by atoms with Crippen LogP contribution in [0.2, 0.25) is 0 Å². The molecule has 0 aliphatic carbocycles. The largest absolute Gasteiger partial charge is 0.399 e. The zero-order valence-corrected chi connectivity index (χ0v) is 11.7. The van der Waals surface area contributed by atoms with E-state index < -0.39 is 0 Å². The average molecular weight is 269 g/mol. The third-order valence-electron chi connectivity index (χ3n) is 3.07. The summed E-state index contributed by atoms with van der Waals surface area (Å²) in [5, 5.41) is 2.91. The molecule has 4 nitrogen and oxygen atoms in total. The van der Waals surface area contributed by atoms with Crippen molar-refractivity contribution >= 4 is 23.0 Å². The number of rotatable bonds is 3. The lowest BCUT2D eigenvalue weighted by Crippen LogP contribution is -2.14. The van der Waals surface area contributed by atoms with Crippen LogP contribution in [-0.4, -0.2) is 5.91 Å². The fourth-order valence-electron chi connectivity index (χ4n) is 2.12. The van der Waals surface area contributed by atoms with Crippen LogP contribution in [-0.2, 0) is 0 Å². The Kier molecular flexibility index (Phi) is 3.94. The Morgan fingerprint density at radius 3 is 2.25 bits per heavy atom. The van der Waals surface area contributed by atoms with Crippen molar-refractivity contribution in [1.29, 1.82) is 0 Å². The van der Waals surface area contributed by atoms with Crippen molar-refractivity contribution in [3.05, 3.63) is 53.6 Å². The Balaban J connectivity index is 2.28.